The highest BCUT2D eigenvalue weighted by Gasteiger charge is 1.13. The molecule has 0 rings (SSSR count). The van der Waals surface area contributed by atoms with E-state index in [1.54, 1.807) is 0 Å². The standard InChI is InChI=1S/CO2.O2.H4P2/c2-1-3;2*1-2/h;;1-2H2/i;;1D. The quantitative estimate of drug-likeness (QED) is 0.452. The van der Waals surface area contributed by atoms with Gasteiger partial charge in [-0.15, -0.1) is 17.8 Å². The molecule has 6 heteroatoms. The van der Waals surface area contributed by atoms with Gasteiger partial charge in [-0.3, -0.25) is 0 Å². The molecule has 0 saturated carbocycles. The van der Waals surface area contributed by atoms with Crippen LogP contribution in [0.3, 0.4) is 0 Å². The minimum Gasteiger partial charge on any atom is -0.186 e. The van der Waals surface area contributed by atoms with Crippen molar-refractivity contribution in [3.05, 3.63) is 9.93 Å². The Morgan fingerprint density at radius 1 is 1.43 bits per heavy atom. The van der Waals surface area contributed by atoms with Crippen LogP contribution in [0, 0.1) is 9.93 Å². The molecular weight excluding hydrogens is 138 g/mol. The number of rotatable bonds is 0. The van der Waals surface area contributed by atoms with Crippen molar-refractivity contribution in [2.75, 3.05) is 0 Å². The number of hydrogen-bond acceptors (Lipinski definition) is 4. The first-order valence-corrected chi connectivity index (χ1v) is 3.17. The molecule has 2 unspecified atom stereocenters. The van der Waals surface area contributed by atoms with E-state index in [4.69, 9.17) is 20.8 Å². The Bertz CT molecular complexity index is 52.0. The molecular formula is CH4O4P2. The van der Waals surface area contributed by atoms with Gasteiger partial charge < -0.3 is 0 Å². The summed E-state index contributed by atoms with van der Waals surface area (Å²) in [6, 6.07) is 0. The molecule has 0 aromatic heterocycles. The molecule has 0 aliphatic heterocycles. The van der Waals surface area contributed by atoms with Crippen LogP contribution in [0.25, 0.3) is 0 Å². The highest BCUT2D eigenvalue weighted by atomic mass is 32.0. The lowest BCUT2D eigenvalue weighted by Gasteiger charge is -1.12. The van der Waals surface area contributed by atoms with Crippen LogP contribution in [0.1, 0.15) is 0 Å². The van der Waals surface area contributed by atoms with Crippen LogP contribution in [0.2, 0.25) is 0 Å². The van der Waals surface area contributed by atoms with E-state index >= 15 is 0 Å². The maximum Gasteiger partial charge on any atom is 0.373 e. The molecule has 0 fully saturated rings. The summed E-state index contributed by atoms with van der Waals surface area (Å²) in [5.41, 5.74) is 0. The van der Waals surface area contributed by atoms with Crippen LogP contribution in [0.4, 0.5) is 0 Å². The smallest absolute Gasteiger partial charge is 0.186 e. The van der Waals surface area contributed by atoms with Crippen molar-refractivity contribution >= 4 is 24.0 Å². The van der Waals surface area contributed by atoms with E-state index in [1.807, 2.05) is 0 Å². The maximum atomic E-state index is 8.12. The van der Waals surface area contributed by atoms with Gasteiger partial charge >= 0.3 is 6.15 Å². The first kappa shape index (κ1) is 9.96. The zero-order valence-electron chi connectivity index (χ0n) is 4.21. The lowest BCUT2D eigenvalue weighted by molar-refractivity contribution is -0.191. The first-order chi connectivity index (χ1) is 3.83. The topological polar surface area (TPSA) is 68.3 Å². The monoisotopic (exact) mass is 143 g/mol. The third kappa shape index (κ3) is 3360. The van der Waals surface area contributed by atoms with E-state index in [2.05, 4.69) is 8.93 Å². The van der Waals surface area contributed by atoms with Gasteiger partial charge in [0.15, 0.2) is 0 Å². The van der Waals surface area contributed by atoms with Gasteiger partial charge in [-0.25, -0.2) is 0 Å². The molecule has 42 valence electrons. The molecule has 0 spiro atoms. The Morgan fingerprint density at radius 2 is 1.43 bits per heavy atom. The Morgan fingerprint density at radius 3 is 1.43 bits per heavy atom. The van der Waals surface area contributed by atoms with Gasteiger partial charge in [0.05, 0.1) is 1.28 Å². The molecule has 0 N–H and O–H groups in total. The van der Waals surface area contributed by atoms with E-state index in [0.717, 1.165) is 0 Å². The Balaban J connectivity index is -0.0000000483. The predicted octanol–water partition coefficient (Wildman–Crippen LogP) is 0.135. The van der Waals surface area contributed by atoms with Crippen molar-refractivity contribution in [3.8, 4) is 0 Å². The molecule has 0 bridgehead atoms. The fourth-order valence-corrected chi connectivity index (χ4v) is 0. The highest BCUT2D eigenvalue weighted by Crippen LogP contribution is 1.86. The van der Waals surface area contributed by atoms with E-state index in [1.165, 1.54) is 0 Å². The minimum absolute atomic E-state index is 0.250. The SMILES string of the molecule is O=C=O.O=O.[2H]PP. The first-order valence-electron chi connectivity index (χ1n) is 1.36. The second-order valence-electron chi connectivity index (χ2n) is 0.0833. The third-order valence-electron chi connectivity index (χ3n) is 0. The largest absolute Gasteiger partial charge is 0.373 e. The van der Waals surface area contributed by atoms with Crippen molar-refractivity contribution in [2.45, 2.75) is 0 Å². The van der Waals surface area contributed by atoms with E-state index in [9.17, 15) is 0 Å². The van der Waals surface area contributed by atoms with Gasteiger partial charge in [-0.2, -0.15) is 9.59 Å². The van der Waals surface area contributed by atoms with Crippen molar-refractivity contribution in [3.63, 3.8) is 0 Å². The zero-order chi connectivity index (χ0) is 7.41. The average molecular weight is 143 g/mol. The van der Waals surface area contributed by atoms with Crippen molar-refractivity contribution in [1.29, 1.82) is 1.28 Å². The van der Waals surface area contributed by atoms with Crippen LogP contribution < -0.4 is 0 Å². The Labute approximate surface area is 45.8 Å². The molecule has 0 aromatic carbocycles. The maximum absolute atomic E-state index is 8.12. The normalized spacial score (nSPS) is 6.14. The molecule has 0 aliphatic rings. The second kappa shape index (κ2) is 194. The third-order valence-corrected chi connectivity index (χ3v) is 0. The number of carbonyl (C=O) groups excluding carboxylic acids is 2. The van der Waals surface area contributed by atoms with Gasteiger partial charge in [0.2, 0.25) is 0 Å². The van der Waals surface area contributed by atoms with Crippen LogP contribution >= 0.6 is 17.8 Å². The second-order valence-corrected chi connectivity index (χ2v) is 0.0833. The fraction of sp³-hybridized carbons (Fsp3) is 0. The van der Waals surface area contributed by atoms with E-state index in [-0.39, 0.29) is 15.0 Å². The van der Waals surface area contributed by atoms with Crippen LogP contribution in [0.5, 0.6) is 0 Å². The molecule has 0 saturated heterocycles. The molecule has 0 aromatic rings. The van der Waals surface area contributed by atoms with Crippen molar-refractivity contribution in [1.82, 2.24) is 0 Å². The summed E-state index contributed by atoms with van der Waals surface area (Å²) in [4.78, 5) is 30.2. The fourth-order valence-electron chi connectivity index (χ4n) is 0. The summed E-state index contributed by atoms with van der Waals surface area (Å²) in [6.07, 6.45) is 0.250. The Kier molecular flexibility index (Phi) is 276. The summed E-state index contributed by atoms with van der Waals surface area (Å²) < 4.78 is 6.20. The molecule has 4 nitrogen and oxygen atoms in total. The van der Waals surface area contributed by atoms with Crippen molar-refractivity contribution in [2.24, 2.45) is 0 Å². The molecule has 0 aliphatic carbocycles. The lowest BCUT2D eigenvalue weighted by Crippen LogP contribution is -1.22. The summed E-state index contributed by atoms with van der Waals surface area (Å²) in [5, 5.41) is 0. The predicted molar refractivity (Wildman–Crippen MR) is 31.2 cm³/mol. The van der Waals surface area contributed by atoms with Crippen molar-refractivity contribution < 1.29 is 9.59 Å². The van der Waals surface area contributed by atoms with Gasteiger partial charge in [-0.05, 0) is 0 Å². The van der Waals surface area contributed by atoms with Crippen LogP contribution in [-0.2, 0) is 9.59 Å². The summed E-state index contributed by atoms with van der Waals surface area (Å²) in [5.74, 6) is 0. The minimum atomic E-state index is 0.250. The highest BCUT2D eigenvalue weighted by molar-refractivity contribution is 7.92. The van der Waals surface area contributed by atoms with Gasteiger partial charge in [-0.1, -0.05) is 0 Å². The summed E-state index contributed by atoms with van der Waals surface area (Å²) in [6.45, 7) is 0. The number of hydrogen-bond donors (Lipinski definition) is 0. The van der Waals surface area contributed by atoms with Crippen LogP contribution in [0.15, 0.2) is 0 Å². The average Bonchev–Trinajstić information content (AvgIpc) is 1.75. The summed E-state index contributed by atoms with van der Waals surface area (Å²) >= 11 is 0. The van der Waals surface area contributed by atoms with Gasteiger partial charge in [0.25, 0.3) is 0 Å². The van der Waals surface area contributed by atoms with Crippen LogP contribution in [-0.4, -0.2) is 7.43 Å². The molecule has 7 heavy (non-hydrogen) atoms. The zero-order valence-corrected chi connectivity index (χ0v) is 5.37. The van der Waals surface area contributed by atoms with Gasteiger partial charge in [0, 0.05) is 9.93 Å². The van der Waals surface area contributed by atoms with E-state index < -0.39 is 0 Å². The molecule has 0 radical (unpaired) electrons. The molecule has 0 amide bonds. The van der Waals surface area contributed by atoms with Gasteiger partial charge in [0.1, 0.15) is 0 Å². The van der Waals surface area contributed by atoms with E-state index in [0.29, 0.717) is 0 Å². The molecule has 0 heterocycles. The Hall–Kier alpha value is -0.160. The summed E-state index contributed by atoms with van der Waals surface area (Å²) in [7, 11) is 2.52. The lowest BCUT2D eigenvalue weighted by atomic mass is 11.8. The molecule has 2 atom stereocenters.